The van der Waals surface area contributed by atoms with Crippen LogP contribution in [0.5, 0.6) is 0 Å². The number of fused-ring (bicyclic) bond motifs is 1. The molecule has 0 aliphatic carbocycles. The van der Waals surface area contributed by atoms with Crippen LogP contribution in [0.3, 0.4) is 0 Å². The molecule has 0 saturated carbocycles. The smallest absolute Gasteiger partial charge is 0.289 e. The fourth-order valence-corrected chi connectivity index (χ4v) is 3.70. The summed E-state index contributed by atoms with van der Waals surface area (Å²) in [5.74, 6) is -0.00854. The molecule has 3 amide bonds. The monoisotopic (exact) mass is 315 g/mol. The number of likely N-dealkylation sites (tertiary alicyclic amines) is 1. The molecule has 112 valence electrons. The normalized spacial score (nSPS) is 19.1. The molecule has 22 heavy (non-hydrogen) atoms. The third kappa shape index (κ3) is 1.93. The average Bonchev–Trinajstić information content (AvgIpc) is 3.03. The number of H-pyrrole nitrogens is 1. The summed E-state index contributed by atoms with van der Waals surface area (Å²) in [7, 11) is 0. The zero-order chi connectivity index (χ0) is 15.3. The van der Waals surface area contributed by atoms with Gasteiger partial charge in [0.05, 0.1) is 17.4 Å². The van der Waals surface area contributed by atoms with Crippen LogP contribution in [0.15, 0.2) is 30.5 Å². The van der Waals surface area contributed by atoms with E-state index in [-0.39, 0.29) is 28.8 Å². The fourth-order valence-electron chi connectivity index (χ4n) is 2.92. The van der Waals surface area contributed by atoms with Crippen molar-refractivity contribution < 1.29 is 14.4 Å². The Morgan fingerprint density at radius 1 is 1.23 bits per heavy atom. The van der Waals surface area contributed by atoms with Crippen molar-refractivity contribution in [3.8, 4) is 0 Å². The minimum Gasteiger partial charge on any atom is -0.360 e. The van der Waals surface area contributed by atoms with E-state index in [9.17, 15) is 14.4 Å². The van der Waals surface area contributed by atoms with Gasteiger partial charge in [0.1, 0.15) is 0 Å². The quantitative estimate of drug-likeness (QED) is 0.915. The molecule has 0 spiro atoms. The van der Waals surface area contributed by atoms with E-state index in [4.69, 9.17) is 0 Å². The van der Waals surface area contributed by atoms with Crippen molar-refractivity contribution in [2.45, 2.75) is 6.04 Å². The second-order valence-electron chi connectivity index (χ2n) is 5.43. The third-order valence-corrected chi connectivity index (χ3v) is 4.95. The van der Waals surface area contributed by atoms with E-state index in [1.165, 1.54) is 4.90 Å². The van der Waals surface area contributed by atoms with Gasteiger partial charge in [0.15, 0.2) is 0 Å². The van der Waals surface area contributed by atoms with Gasteiger partial charge in [-0.1, -0.05) is 30.0 Å². The lowest BCUT2D eigenvalue weighted by atomic mass is 10.0. The van der Waals surface area contributed by atoms with E-state index in [1.807, 2.05) is 24.3 Å². The van der Waals surface area contributed by atoms with Crippen molar-refractivity contribution in [3.63, 3.8) is 0 Å². The molecule has 3 heterocycles. The van der Waals surface area contributed by atoms with Gasteiger partial charge in [-0.3, -0.25) is 19.3 Å². The van der Waals surface area contributed by atoms with Crippen LogP contribution in [0.2, 0.25) is 0 Å². The second-order valence-corrected chi connectivity index (χ2v) is 6.36. The number of hydrogen-bond acceptors (Lipinski definition) is 4. The molecule has 0 bridgehead atoms. The molecule has 2 saturated heterocycles. The maximum Gasteiger partial charge on any atom is 0.289 e. The molecule has 2 aliphatic rings. The third-order valence-electron chi connectivity index (χ3n) is 4.12. The van der Waals surface area contributed by atoms with Crippen LogP contribution in [0, 0.1) is 0 Å². The number of imide groups is 1. The highest BCUT2D eigenvalue weighted by molar-refractivity contribution is 8.14. The van der Waals surface area contributed by atoms with Crippen LogP contribution in [-0.2, 0) is 4.79 Å². The zero-order valence-corrected chi connectivity index (χ0v) is 12.4. The summed E-state index contributed by atoms with van der Waals surface area (Å²) in [4.78, 5) is 41.9. The van der Waals surface area contributed by atoms with Crippen LogP contribution in [0.25, 0.3) is 10.9 Å². The molecule has 0 unspecified atom stereocenters. The molecule has 0 atom stereocenters. The van der Waals surface area contributed by atoms with Crippen LogP contribution < -0.4 is 0 Å². The molecule has 7 heteroatoms. The van der Waals surface area contributed by atoms with Gasteiger partial charge < -0.3 is 9.88 Å². The Balaban J connectivity index is 1.50. The summed E-state index contributed by atoms with van der Waals surface area (Å²) in [5.41, 5.74) is 1.55. The number of aromatic nitrogens is 1. The molecular weight excluding hydrogens is 302 g/mol. The Bertz CT molecular complexity index is 778. The SMILES string of the molecule is O=C(c1c[nH]c2ccccc12)N1CC(N2C(=O)CSC2=O)C1. The van der Waals surface area contributed by atoms with E-state index in [0.29, 0.717) is 18.7 Å². The van der Waals surface area contributed by atoms with E-state index >= 15 is 0 Å². The Labute approximate surface area is 130 Å². The van der Waals surface area contributed by atoms with E-state index in [0.717, 1.165) is 22.7 Å². The molecular formula is C15H13N3O3S. The summed E-state index contributed by atoms with van der Waals surface area (Å²) in [6.45, 7) is 0.826. The van der Waals surface area contributed by atoms with Crippen molar-refractivity contribution in [3.05, 3.63) is 36.0 Å². The first-order valence-electron chi connectivity index (χ1n) is 6.99. The molecule has 1 N–H and O–H groups in total. The van der Waals surface area contributed by atoms with Crippen LogP contribution in [-0.4, -0.2) is 56.7 Å². The number of carbonyl (C=O) groups excluding carboxylic acids is 3. The van der Waals surface area contributed by atoms with E-state index in [2.05, 4.69) is 4.98 Å². The maximum absolute atomic E-state index is 12.5. The lowest BCUT2D eigenvalue weighted by Crippen LogP contribution is -2.62. The second kappa shape index (κ2) is 4.88. The molecule has 1 aromatic heterocycles. The predicted molar refractivity (Wildman–Crippen MR) is 82.7 cm³/mol. The largest absolute Gasteiger partial charge is 0.360 e. The topological polar surface area (TPSA) is 73.5 Å². The summed E-state index contributed by atoms with van der Waals surface area (Å²) in [6, 6.07) is 7.45. The van der Waals surface area contributed by atoms with Crippen LogP contribution in [0.1, 0.15) is 10.4 Å². The summed E-state index contributed by atoms with van der Waals surface area (Å²) < 4.78 is 0. The van der Waals surface area contributed by atoms with Gasteiger partial charge in [0.2, 0.25) is 5.91 Å². The molecule has 2 aromatic rings. The number of amides is 3. The summed E-state index contributed by atoms with van der Waals surface area (Å²) in [5, 5.41) is 0.689. The van der Waals surface area contributed by atoms with Gasteiger partial charge in [-0.2, -0.15) is 0 Å². The summed E-state index contributed by atoms with van der Waals surface area (Å²) in [6.07, 6.45) is 1.71. The Morgan fingerprint density at radius 3 is 2.73 bits per heavy atom. The number of para-hydroxylation sites is 1. The maximum atomic E-state index is 12.5. The number of nitrogens with one attached hydrogen (secondary N) is 1. The first-order valence-corrected chi connectivity index (χ1v) is 7.98. The van der Waals surface area contributed by atoms with Gasteiger partial charge in [-0.15, -0.1) is 0 Å². The van der Waals surface area contributed by atoms with Crippen LogP contribution in [0.4, 0.5) is 4.79 Å². The predicted octanol–water partition coefficient (Wildman–Crippen LogP) is 1.69. The highest BCUT2D eigenvalue weighted by Gasteiger charge is 2.43. The Hall–Kier alpha value is -2.28. The summed E-state index contributed by atoms with van der Waals surface area (Å²) >= 11 is 1.03. The molecule has 6 nitrogen and oxygen atoms in total. The zero-order valence-electron chi connectivity index (χ0n) is 11.6. The number of hydrogen-bond donors (Lipinski definition) is 1. The molecule has 4 rings (SSSR count). The van der Waals surface area contributed by atoms with Gasteiger partial charge >= 0.3 is 0 Å². The van der Waals surface area contributed by atoms with E-state index < -0.39 is 0 Å². The average molecular weight is 315 g/mol. The number of benzene rings is 1. The highest BCUT2D eigenvalue weighted by atomic mass is 32.2. The van der Waals surface area contributed by atoms with Crippen molar-refractivity contribution >= 4 is 39.7 Å². The minimum atomic E-state index is -0.200. The Kier molecular flexibility index (Phi) is 2.97. The highest BCUT2D eigenvalue weighted by Crippen LogP contribution is 2.28. The lowest BCUT2D eigenvalue weighted by Gasteiger charge is -2.42. The van der Waals surface area contributed by atoms with Crippen molar-refractivity contribution in [2.24, 2.45) is 0 Å². The van der Waals surface area contributed by atoms with E-state index in [1.54, 1.807) is 11.1 Å². The number of thioether (sulfide) groups is 1. The van der Waals surface area contributed by atoms with Gasteiger partial charge in [-0.05, 0) is 6.07 Å². The van der Waals surface area contributed by atoms with Crippen molar-refractivity contribution in [1.82, 2.24) is 14.8 Å². The molecule has 2 fully saturated rings. The van der Waals surface area contributed by atoms with Gasteiger partial charge in [-0.25, -0.2) is 0 Å². The first-order chi connectivity index (χ1) is 10.6. The number of aromatic amines is 1. The van der Waals surface area contributed by atoms with Crippen molar-refractivity contribution in [2.75, 3.05) is 18.8 Å². The fraction of sp³-hybridized carbons (Fsp3) is 0.267. The Morgan fingerprint density at radius 2 is 2.00 bits per heavy atom. The molecule has 1 aromatic carbocycles. The number of carbonyl (C=O) groups is 3. The van der Waals surface area contributed by atoms with Gasteiger partial charge in [0, 0.05) is 30.2 Å². The number of nitrogens with zero attached hydrogens (tertiary/aromatic N) is 2. The number of rotatable bonds is 2. The first kappa shape index (κ1) is 13.4. The molecule has 2 aliphatic heterocycles. The lowest BCUT2D eigenvalue weighted by molar-refractivity contribution is -0.128. The standard InChI is InChI=1S/C15H13N3O3S/c19-13-8-22-15(21)18(13)9-6-17(7-9)14(20)11-5-16-12-4-2-1-3-10(11)12/h1-5,9,16H,6-8H2. The van der Waals surface area contributed by atoms with Gasteiger partial charge in [0.25, 0.3) is 11.1 Å². The van der Waals surface area contributed by atoms with Crippen molar-refractivity contribution in [1.29, 1.82) is 0 Å². The molecule has 0 radical (unpaired) electrons. The van der Waals surface area contributed by atoms with Crippen LogP contribution >= 0.6 is 11.8 Å². The minimum absolute atomic E-state index is 0.0690.